The summed E-state index contributed by atoms with van der Waals surface area (Å²) in [6.45, 7) is 0. The van der Waals surface area contributed by atoms with E-state index in [4.69, 9.17) is 11.6 Å². The number of nitrogens with zero attached hydrogens (tertiary/aromatic N) is 2. The van der Waals surface area contributed by atoms with Crippen LogP contribution in [0.5, 0.6) is 5.88 Å². The Hall–Kier alpha value is -2.38. The minimum atomic E-state index is -0.472. The quantitative estimate of drug-likeness (QED) is 0.502. The first kappa shape index (κ1) is 16.5. The molecule has 0 aliphatic rings. The van der Waals surface area contributed by atoms with E-state index >= 15 is 0 Å². The molecule has 0 fully saturated rings. The molecular formula is C16H11ClFN3O2S. The molecule has 1 heterocycles. The van der Waals surface area contributed by atoms with Crippen LogP contribution in [0.4, 0.5) is 10.1 Å². The first-order valence-corrected chi connectivity index (χ1v) is 8.22. The summed E-state index contributed by atoms with van der Waals surface area (Å²) in [6.07, 6.45) is 0. The smallest absolute Gasteiger partial charge is 0.274 e. The van der Waals surface area contributed by atoms with E-state index in [0.717, 1.165) is 4.90 Å². The number of carbonyl (C=O) groups is 1. The average Bonchev–Trinajstić information content (AvgIpc) is 2.87. The summed E-state index contributed by atoms with van der Waals surface area (Å²) in [4.78, 5) is 15.3. The molecule has 1 aromatic heterocycles. The second-order valence-corrected chi connectivity index (χ2v) is 6.33. The number of carbonyl (C=O) groups excluding carboxylic acids is 1. The number of rotatable bonds is 4. The van der Waals surface area contributed by atoms with Gasteiger partial charge >= 0.3 is 0 Å². The SMILES string of the molecule is O=C(CSc1ccc(Cl)cc1)N=Nc1c(O)[nH]c2ccc(F)cc12. The third-order valence-electron chi connectivity index (χ3n) is 3.15. The Bertz CT molecular complexity index is 925. The molecule has 2 N–H and O–H groups in total. The van der Waals surface area contributed by atoms with Crippen LogP contribution in [0.15, 0.2) is 57.6 Å². The number of halogens is 2. The number of nitrogens with one attached hydrogen (secondary N) is 1. The van der Waals surface area contributed by atoms with Gasteiger partial charge in [-0.2, -0.15) is 0 Å². The molecule has 24 heavy (non-hydrogen) atoms. The molecule has 0 atom stereocenters. The van der Waals surface area contributed by atoms with Crippen molar-refractivity contribution in [2.75, 3.05) is 5.75 Å². The van der Waals surface area contributed by atoms with Crippen molar-refractivity contribution >= 4 is 45.9 Å². The maximum Gasteiger partial charge on any atom is 0.274 e. The molecule has 0 saturated carbocycles. The van der Waals surface area contributed by atoms with Gasteiger partial charge in [0, 0.05) is 15.3 Å². The van der Waals surface area contributed by atoms with E-state index in [1.807, 2.05) is 0 Å². The normalized spacial score (nSPS) is 11.4. The summed E-state index contributed by atoms with van der Waals surface area (Å²) < 4.78 is 13.3. The first-order chi connectivity index (χ1) is 11.5. The van der Waals surface area contributed by atoms with Crippen LogP contribution in [-0.2, 0) is 4.79 Å². The Morgan fingerprint density at radius 1 is 1.25 bits per heavy atom. The second kappa shape index (κ2) is 7.02. The molecule has 0 aliphatic heterocycles. The van der Waals surface area contributed by atoms with Crippen molar-refractivity contribution in [1.29, 1.82) is 0 Å². The van der Waals surface area contributed by atoms with Crippen LogP contribution in [0.3, 0.4) is 0 Å². The zero-order valence-corrected chi connectivity index (χ0v) is 13.7. The lowest BCUT2D eigenvalue weighted by Crippen LogP contribution is -1.95. The van der Waals surface area contributed by atoms with E-state index in [0.29, 0.717) is 15.9 Å². The minimum absolute atomic E-state index is 0.0364. The molecular weight excluding hydrogens is 353 g/mol. The summed E-state index contributed by atoms with van der Waals surface area (Å²) in [5.41, 5.74) is 0.542. The van der Waals surface area contributed by atoms with Crippen LogP contribution in [0.1, 0.15) is 0 Å². The van der Waals surface area contributed by atoms with Gasteiger partial charge < -0.3 is 10.1 Å². The van der Waals surface area contributed by atoms with E-state index < -0.39 is 11.7 Å². The van der Waals surface area contributed by atoms with Crippen molar-refractivity contribution < 1.29 is 14.3 Å². The molecule has 1 amide bonds. The van der Waals surface area contributed by atoms with Crippen molar-refractivity contribution in [3.8, 4) is 5.88 Å². The Morgan fingerprint density at radius 3 is 2.75 bits per heavy atom. The Kier molecular flexibility index (Phi) is 4.82. The average molecular weight is 364 g/mol. The number of amides is 1. The Morgan fingerprint density at radius 2 is 2.00 bits per heavy atom. The van der Waals surface area contributed by atoms with Crippen molar-refractivity contribution in [3.63, 3.8) is 0 Å². The van der Waals surface area contributed by atoms with Gasteiger partial charge in [0.1, 0.15) is 5.82 Å². The minimum Gasteiger partial charge on any atom is -0.493 e. The van der Waals surface area contributed by atoms with E-state index in [2.05, 4.69) is 15.2 Å². The van der Waals surface area contributed by atoms with Crippen LogP contribution < -0.4 is 0 Å². The van der Waals surface area contributed by atoms with Gasteiger partial charge in [-0.1, -0.05) is 11.6 Å². The summed E-state index contributed by atoms with van der Waals surface area (Å²) in [5, 5.41) is 18.1. The number of azo groups is 1. The van der Waals surface area contributed by atoms with Crippen LogP contribution in [0, 0.1) is 5.82 Å². The molecule has 3 aromatic rings. The monoisotopic (exact) mass is 363 g/mol. The summed E-state index contributed by atoms with van der Waals surface area (Å²) >= 11 is 7.08. The number of hydrogen-bond donors (Lipinski definition) is 2. The lowest BCUT2D eigenvalue weighted by Gasteiger charge is -1.98. The van der Waals surface area contributed by atoms with Gasteiger partial charge in [0.15, 0.2) is 5.69 Å². The maximum atomic E-state index is 13.3. The highest BCUT2D eigenvalue weighted by molar-refractivity contribution is 8.00. The van der Waals surface area contributed by atoms with Crippen molar-refractivity contribution in [3.05, 3.63) is 53.3 Å². The molecule has 122 valence electrons. The number of hydrogen-bond acceptors (Lipinski definition) is 4. The fourth-order valence-electron chi connectivity index (χ4n) is 2.05. The number of aromatic nitrogens is 1. The maximum absolute atomic E-state index is 13.3. The second-order valence-electron chi connectivity index (χ2n) is 4.85. The third kappa shape index (κ3) is 3.74. The number of fused-ring (bicyclic) bond motifs is 1. The molecule has 2 aromatic carbocycles. The highest BCUT2D eigenvalue weighted by Gasteiger charge is 2.12. The molecule has 0 aliphatic carbocycles. The van der Waals surface area contributed by atoms with Crippen molar-refractivity contribution in [1.82, 2.24) is 4.98 Å². The highest BCUT2D eigenvalue weighted by Crippen LogP contribution is 2.35. The highest BCUT2D eigenvalue weighted by atomic mass is 35.5. The van der Waals surface area contributed by atoms with Crippen molar-refractivity contribution in [2.45, 2.75) is 4.90 Å². The molecule has 8 heteroatoms. The Labute approximate surface area is 145 Å². The lowest BCUT2D eigenvalue weighted by atomic mass is 10.2. The van der Waals surface area contributed by atoms with Gasteiger partial charge in [-0.15, -0.1) is 22.0 Å². The predicted molar refractivity (Wildman–Crippen MR) is 91.6 cm³/mol. The summed E-state index contributed by atoms with van der Waals surface area (Å²) in [6, 6.07) is 11.0. The number of benzene rings is 2. The number of aromatic amines is 1. The summed E-state index contributed by atoms with van der Waals surface area (Å²) in [5.74, 6) is -1.12. The van der Waals surface area contributed by atoms with Crippen LogP contribution in [-0.4, -0.2) is 21.8 Å². The zero-order chi connectivity index (χ0) is 17.1. The summed E-state index contributed by atoms with van der Waals surface area (Å²) in [7, 11) is 0. The van der Waals surface area contributed by atoms with Gasteiger partial charge in [0.2, 0.25) is 5.88 Å². The van der Waals surface area contributed by atoms with Gasteiger partial charge in [-0.25, -0.2) is 4.39 Å². The Balaban J connectivity index is 1.71. The third-order valence-corrected chi connectivity index (χ3v) is 4.40. The molecule has 0 bridgehead atoms. The molecule has 0 saturated heterocycles. The first-order valence-electron chi connectivity index (χ1n) is 6.86. The lowest BCUT2D eigenvalue weighted by molar-refractivity contribution is -0.115. The fraction of sp³-hybridized carbons (Fsp3) is 0.0625. The van der Waals surface area contributed by atoms with E-state index in [1.165, 1.54) is 30.0 Å². The predicted octanol–water partition coefficient (Wildman–Crippen LogP) is 5.07. The van der Waals surface area contributed by atoms with Crippen LogP contribution >= 0.6 is 23.4 Å². The number of aromatic hydroxyl groups is 1. The van der Waals surface area contributed by atoms with Gasteiger partial charge in [-0.05, 0) is 42.5 Å². The molecule has 5 nitrogen and oxygen atoms in total. The van der Waals surface area contributed by atoms with E-state index in [9.17, 15) is 14.3 Å². The van der Waals surface area contributed by atoms with Gasteiger partial charge in [-0.3, -0.25) is 4.79 Å². The molecule has 0 radical (unpaired) electrons. The zero-order valence-electron chi connectivity index (χ0n) is 12.2. The largest absolute Gasteiger partial charge is 0.493 e. The number of H-pyrrole nitrogens is 1. The molecule has 3 rings (SSSR count). The van der Waals surface area contributed by atoms with E-state index in [-0.39, 0.29) is 17.3 Å². The molecule has 0 spiro atoms. The van der Waals surface area contributed by atoms with Gasteiger partial charge in [0.25, 0.3) is 5.91 Å². The topological polar surface area (TPSA) is 77.8 Å². The number of thioether (sulfide) groups is 1. The fourth-order valence-corrected chi connectivity index (χ4v) is 2.85. The standard InChI is InChI=1S/C16H11ClFN3O2S/c17-9-1-4-11(5-2-9)24-8-14(22)20-21-15-12-7-10(18)3-6-13(12)19-16(15)23/h1-7,19,23H,8H2. The van der Waals surface area contributed by atoms with Crippen molar-refractivity contribution in [2.24, 2.45) is 10.2 Å². The van der Waals surface area contributed by atoms with Crippen LogP contribution in [0.25, 0.3) is 10.9 Å². The van der Waals surface area contributed by atoms with Crippen LogP contribution in [0.2, 0.25) is 5.02 Å². The van der Waals surface area contributed by atoms with E-state index in [1.54, 1.807) is 24.3 Å². The van der Waals surface area contributed by atoms with Gasteiger partial charge in [0.05, 0.1) is 11.3 Å². The molecule has 0 unspecified atom stereocenters.